The van der Waals surface area contributed by atoms with Crippen LogP contribution in [0.15, 0.2) is 60.7 Å². The zero-order valence-electron chi connectivity index (χ0n) is 17.1. The molecule has 0 aromatic heterocycles. The summed E-state index contributed by atoms with van der Waals surface area (Å²) >= 11 is 0. The second kappa shape index (κ2) is 9.97. The molecule has 0 bridgehead atoms. The molecule has 1 saturated heterocycles. The molecule has 0 radical (unpaired) electrons. The number of nitrogens with zero attached hydrogens (tertiary/aromatic N) is 1. The highest BCUT2D eigenvalue weighted by molar-refractivity contribution is 5.78. The highest BCUT2D eigenvalue weighted by Crippen LogP contribution is 2.39. The van der Waals surface area contributed by atoms with Crippen molar-refractivity contribution in [1.82, 2.24) is 10.2 Å². The summed E-state index contributed by atoms with van der Waals surface area (Å²) in [6, 6.07) is 18.3. The summed E-state index contributed by atoms with van der Waals surface area (Å²) in [7, 11) is 0. The molecule has 0 spiro atoms. The number of carbonyl (C=O) groups is 3. The van der Waals surface area contributed by atoms with Gasteiger partial charge in [0.1, 0.15) is 6.61 Å². The molecule has 3 rings (SSSR count). The van der Waals surface area contributed by atoms with Crippen molar-refractivity contribution in [2.45, 2.75) is 19.4 Å². The maximum absolute atomic E-state index is 12.5. The molecule has 31 heavy (non-hydrogen) atoms. The van der Waals surface area contributed by atoms with Gasteiger partial charge in [-0.1, -0.05) is 60.7 Å². The molecule has 1 fully saturated rings. The van der Waals surface area contributed by atoms with Crippen LogP contribution in [0.3, 0.4) is 0 Å². The van der Waals surface area contributed by atoms with Crippen LogP contribution in [0.4, 0.5) is 9.59 Å². The van der Waals surface area contributed by atoms with Crippen LogP contribution in [0.1, 0.15) is 17.5 Å². The third kappa shape index (κ3) is 5.53. The van der Waals surface area contributed by atoms with E-state index in [2.05, 4.69) is 5.32 Å². The molecule has 0 saturated carbocycles. The Bertz CT molecular complexity index is 905. The molecule has 1 aliphatic heterocycles. The minimum Gasteiger partial charge on any atom is -0.481 e. The van der Waals surface area contributed by atoms with E-state index in [0.29, 0.717) is 6.42 Å². The van der Waals surface area contributed by atoms with E-state index in [0.717, 1.165) is 16.0 Å². The van der Waals surface area contributed by atoms with E-state index in [4.69, 9.17) is 4.74 Å². The molecular formula is C23H26N2O6. The van der Waals surface area contributed by atoms with Crippen molar-refractivity contribution < 1.29 is 29.3 Å². The number of hydrogen-bond acceptors (Lipinski definition) is 4. The number of aliphatic carboxylic acids is 1. The Labute approximate surface area is 180 Å². The number of carboxylic acids is 1. The maximum atomic E-state index is 12.5. The minimum atomic E-state index is -1.36. The molecule has 2 aromatic carbocycles. The number of benzene rings is 2. The zero-order valence-corrected chi connectivity index (χ0v) is 17.1. The van der Waals surface area contributed by atoms with Crippen molar-refractivity contribution >= 4 is 18.2 Å². The van der Waals surface area contributed by atoms with E-state index >= 15 is 0 Å². The van der Waals surface area contributed by atoms with Gasteiger partial charge in [0.2, 0.25) is 0 Å². The van der Waals surface area contributed by atoms with Gasteiger partial charge in [-0.2, -0.15) is 0 Å². The number of hydrogen-bond donors (Lipinski definition) is 3. The fraction of sp³-hybridized carbons (Fsp3) is 0.348. The molecule has 2 aromatic rings. The highest BCUT2D eigenvalue weighted by atomic mass is 16.5. The van der Waals surface area contributed by atoms with Gasteiger partial charge in [-0.25, -0.2) is 9.59 Å². The Morgan fingerprint density at radius 1 is 1.00 bits per heavy atom. The Morgan fingerprint density at radius 3 is 2.19 bits per heavy atom. The number of carbonyl (C=O) groups excluding carboxylic acids is 1. The first-order valence-corrected chi connectivity index (χ1v) is 10.1. The number of ether oxygens (including phenoxy) is 1. The van der Waals surface area contributed by atoms with Crippen molar-refractivity contribution in [3.05, 3.63) is 71.8 Å². The SMILES string of the molecule is O=C(NCC1CCN(C(=O)O)CC1(Cc1ccccc1)C(=O)O)OCc1ccccc1. The van der Waals surface area contributed by atoms with Gasteiger partial charge in [-0.05, 0) is 29.9 Å². The van der Waals surface area contributed by atoms with Gasteiger partial charge >= 0.3 is 18.2 Å². The summed E-state index contributed by atoms with van der Waals surface area (Å²) in [5, 5.41) is 22.3. The summed E-state index contributed by atoms with van der Waals surface area (Å²) in [6.45, 7) is 0.265. The van der Waals surface area contributed by atoms with Crippen molar-refractivity contribution in [3.63, 3.8) is 0 Å². The first-order valence-electron chi connectivity index (χ1n) is 10.1. The van der Waals surface area contributed by atoms with Gasteiger partial charge in [0.15, 0.2) is 0 Å². The predicted molar refractivity (Wildman–Crippen MR) is 113 cm³/mol. The van der Waals surface area contributed by atoms with Crippen LogP contribution < -0.4 is 5.32 Å². The molecule has 8 nitrogen and oxygen atoms in total. The second-order valence-electron chi connectivity index (χ2n) is 7.76. The molecule has 0 aliphatic carbocycles. The van der Waals surface area contributed by atoms with Gasteiger partial charge < -0.3 is 25.2 Å². The molecular weight excluding hydrogens is 400 g/mol. The normalized spacial score (nSPS) is 20.6. The van der Waals surface area contributed by atoms with Crippen LogP contribution in [-0.2, 0) is 22.6 Å². The second-order valence-corrected chi connectivity index (χ2v) is 7.76. The molecule has 2 atom stereocenters. The molecule has 164 valence electrons. The number of amides is 2. The molecule has 8 heteroatoms. The maximum Gasteiger partial charge on any atom is 0.407 e. The van der Waals surface area contributed by atoms with Crippen LogP contribution in [0.2, 0.25) is 0 Å². The Hall–Kier alpha value is -3.55. The first-order chi connectivity index (χ1) is 14.9. The van der Waals surface area contributed by atoms with E-state index in [1.807, 2.05) is 60.7 Å². The fourth-order valence-corrected chi connectivity index (χ4v) is 4.06. The number of carboxylic acid groups (broad SMARTS) is 2. The summed E-state index contributed by atoms with van der Waals surface area (Å²) in [4.78, 5) is 37.3. The van der Waals surface area contributed by atoms with Crippen LogP contribution in [0.5, 0.6) is 0 Å². The Morgan fingerprint density at radius 2 is 1.61 bits per heavy atom. The number of rotatable bonds is 7. The number of alkyl carbamates (subject to hydrolysis) is 1. The first kappa shape index (κ1) is 22.1. The quantitative estimate of drug-likeness (QED) is 0.626. The van der Waals surface area contributed by atoms with Gasteiger partial charge in [0.05, 0.1) is 5.41 Å². The molecule has 1 aliphatic rings. The van der Waals surface area contributed by atoms with E-state index in [1.54, 1.807) is 0 Å². The van der Waals surface area contributed by atoms with Gasteiger partial charge in [-0.15, -0.1) is 0 Å². The highest BCUT2D eigenvalue weighted by Gasteiger charge is 2.50. The minimum absolute atomic E-state index is 0.0835. The van der Waals surface area contributed by atoms with Crippen molar-refractivity contribution in [2.75, 3.05) is 19.6 Å². The van der Waals surface area contributed by atoms with E-state index in [9.17, 15) is 24.6 Å². The molecule has 3 N–H and O–H groups in total. The lowest BCUT2D eigenvalue weighted by Crippen LogP contribution is -2.58. The van der Waals surface area contributed by atoms with Crippen LogP contribution >= 0.6 is 0 Å². The van der Waals surface area contributed by atoms with Gasteiger partial charge in [-0.3, -0.25) is 4.79 Å². The monoisotopic (exact) mass is 426 g/mol. The van der Waals surface area contributed by atoms with Gasteiger partial charge in [0, 0.05) is 19.6 Å². The average Bonchev–Trinajstić information content (AvgIpc) is 2.78. The number of piperidine rings is 1. The summed E-state index contributed by atoms with van der Waals surface area (Å²) in [5.74, 6) is -1.53. The smallest absolute Gasteiger partial charge is 0.407 e. The fourth-order valence-electron chi connectivity index (χ4n) is 4.06. The van der Waals surface area contributed by atoms with Crippen molar-refractivity contribution in [1.29, 1.82) is 0 Å². The van der Waals surface area contributed by atoms with E-state index < -0.39 is 29.5 Å². The van der Waals surface area contributed by atoms with Gasteiger partial charge in [0.25, 0.3) is 0 Å². The summed E-state index contributed by atoms with van der Waals surface area (Å²) in [6.07, 6.45) is -1.29. The van der Waals surface area contributed by atoms with Crippen LogP contribution in [-0.4, -0.2) is 52.9 Å². The predicted octanol–water partition coefficient (Wildman–Crippen LogP) is 3.23. The molecule has 2 amide bonds. The largest absolute Gasteiger partial charge is 0.481 e. The average molecular weight is 426 g/mol. The number of nitrogens with one attached hydrogen (secondary N) is 1. The van der Waals surface area contributed by atoms with Crippen LogP contribution in [0.25, 0.3) is 0 Å². The third-order valence-corrected chi connectivity index (χ3v) is 5.77. The standard InChI is InChI=1S/C23H26N2O6/c26-20(27)23(13-17-7-3-1-4-8-17)16-25(22(29)30)12-11-19(23)14-24-21(28)31-15-18-9-5-2-6-10-18/h1-10,19H,11-16H2,(H,24,28)(H,26,27)(H,29,30). The zero-order chi connectivity index (χ0) is 22.3. The summed E-state index contributed by atoms with van der Waals surface area (Å²) < 4.78 is 5.22. The molecule has 1 heterocycles. The Kier molecular flexibility index (Phi) is 7.12. The molecule has 2 unspecified atom stereocenters. The van der Waals surface area contributed by atoms with Crippen molar-refractivity contribution in [2.24, 2.45) is 11.3 Å². The topological polar surface area (TPSA) is 116 Å². The van der Waals surface area contributed by atoms with Crippen LogP contribution in [0, 0.1) is 11.3 Å². The van der Waals surface area contributed by atoms with E-state index in [-0.39, 0.29) is 32.7 Å². The third-order valence-electron chi connectivity index (χ3n) is 5.77. The lowest BCUT2D eigenvalue weighted by Gasteiger charge is -2.45. The number of likely N-dealkylation sites (tertiary alicyclic amines) is 1. The lowest BCUT2D eigenvalue weighted by atomic mass is 9.67. The Balaban J connectivity index is 1.71. The van der Waals surface area contributed by atoms with E-state index in [1.165, 1.54) is 0 Å². The summed E-state index contributed by atoms with van der Waals surface area (Å²) in [5.41, 5.74) is 0.287. The van der Waals surface area contributed by atoms with Crippen molar-refractivity contribution in [3.8, 4) is 0 Å². The lowest BCUT2D eigenvalue weighted by molar-refractivity contribution is -0.156.